The predicted molar refractivity (Wildman–Crippen MR) is 103 cm³/mol. The van der Waals surface area contributed by atoms with Crippen molar-refractivity contribution in [2.45, 2.75) is 26.3 Å². The smallest absolute Gasteiger partial charge is 0.264 e. The van der Waals surface area contributed by atoms with Crippen molar-refractivity contribution in [3.05, 3.63) is 76.2 Å². The molecule has 26 heavy (non-hydrogen) atoms. The van der Waals surface area contributed by atoms with Crippen LogP contribution >= 0.6 is 0 Å². The highest BCUT2D eigenvalue weighted by molar-refractivity contribution is 5.96. The molecule has 0 aliphatic rings. The minimum atomic E-state index is -0.309. The van der Waals surface area contributed by atoms with E-state index in [1.54, 1.807) is 30.3 Å². The molecule has 0 saturated heterocycles. The van der Waals surface area contributed by atoms with Gasteiger partial charge in [-0.25, -0.2) is 4.98 Å². The van der Waals surface area contributed by atoms with Crippen LogP contribution in [-0.2, 0) is 13.6 Å². The van der Waals surface area contributed by atoms with Gasteiger partial charge in [-0.2, -0.15) is 0 Å². The number of aryl methyl sites for hydroxylation is 1. The van der Waals surface area contributed by atoms with Gasteiger partial charge in [-0.3, -0.25) is 14.2 Å². The van der Waals surface area contributed by atoms with Gasteiger partial charge in [0.1, 0.15) is 11.2 Å². The number of amides is 1. The zero-order valence-electron chi connectivity index (χ0n) is 15.2. The molecule has 0 atom stereocenters. The van der Waals surface area contributed by atoms with Crippen LogP contribution in [0.1, 0.15) is 35.7 Å². The van der Waals surface area contributed by atoms with Gasteiger partial charge in [0, 0.05) is 31.7 Å². The number of hydrogen-bond acceptors (Lipinski definition) is 3. The minimum absolute atomic E-state index is 0.194. The first kappa shape index (κ1) is 17.9. The van der Waals surface area contributed by atoms with Gasteiger partial charge < -0.3 is 4.90 Å². The highest BCUT2D eigenvalue weighted by Crippen LogP contribution is 2.14. The third-order valence-corrected chi connectivity index (χ3v) is 4.48. The van der Waals surface area contributed by atoms with Gasteiger partial charge in [-0.15, -0.1) is 0 Å². The molecule has 3 aromatic rings. The third-order valence-electron chi connectivity index (χ3n) is 4.48. The Morgan fingerprint density at radius 1 is 1.15 bits per heavy atom. The molecule has 0 radical (unpaired) electrons. The van der Waals surface area contributed by atoms with Crippen LogP contribution in [0.3, 0.4) is 0 Å². The summed E-state index contributed by atoms with van der Waals surface area (Å²) < 4.78 is 1.45. The molecule has 0 aliphatic heterocycles. The van der Waals surface area contributed by atoms with E-state index in [2.05, 4.69) is 11.9 Å². The van der Waals surface area contributed by atoms with Crippen LogP contribution in [-0.4, -0.2) is 26.9 Å². The van der Waals surface area contributed by atoms with Gasteiger partial charge in [-0.05, 0) is 30.2 Å². The molecule has 5 nitrogen and oxygen atoms in total. The Kier molecular flexibility index (Phi) is 5.46. The maximum atomic E-state index is 13.2. The van der Waals surface area contributed by atoms with E-state index < -0.39 is 0 Å². The lowest BCUT2D eigenvalue weighted by Crippen LogP contribution is -2.36. The molecule has 5 heteroatoms. The lowest BCUT2D eigenvalue weighted by molar-refractivity contribution is 0.0738. The highest BCUT2D eigenvalue weighted by atomic mass is 16.2. The highest BCUT2D eigenvalue weighted by Gasteiger charge is 2.21. The number of aromatic nitrogens is 2. The van der Waals surface area contributed by atoms with Crippen molar-refractivity contribution in [2.24, 2.45) is 7.05 Å². The molecular formula is C21H23N3O2. The van der Waals surface area contributed by atoms with Gasteiger partial charge in [-0.1, -0.05) is 43.7 Å². The number of nitrogens with zero attached hydrogens (tertiary/aromatic N) is 3. The quantitative estimate of drug-likeness (QED) is 0.685. The van der Waals surface area contributed by atoms with E-state index in [4.69, 9.17) is 0 Å². The van der Waals surface area contributed by atoms with E-state index in [1.165, 1.54) is 4.57 Å². The number of rotatable bonds is 6. The number of unbranched alkanes of at least 4 members (excludes halogenated alkanes) is 1. The van der Waals surface area contributed by atoms with Crippen molar-refractivity contribution in [3.8, 4) is 0 Å². The largest absolute Gasteiger partial charge is 0.334 e. The zero-order valence-corrected chi connectivity index (χ0v) is 15.2. The molecule has 0 N–H and O–H groups in total. The molecule has 1 amide bonds. The predicted octanol–water partition coefficient (Wildman–Crippen LogP) is 3.38. The van der Waals surface area contributed by atoms with Crippen LogP contribution in [0.15, 0.2) is 59.5 Å². The maximum absolute atomic E-state index is 13.2. The van der Waals surface area contributed by atoms with Gasteiger partial charge in [0.05, 0.1) is 0 Å². The summed E-state index contributed by atoms with van der Waals surface area (Å²) in [5, 5.41) is 0.785. The van der Waals surface area contributed by atoms with Crippen LogP contribution in [0.4, 0.5) is 0 Å². The Hall–Kier alpha value is -2.95. The molecule has 0 unspecified atom stereocenters. The lowest BCUT2D eigenvalue weighted by Gasteiger charge is -2.23. The molecule has 1 aromatic carbocycles. The van der Waals surface area contributed by atoms with Crippen molar-refractivity contribution < 1.29 is 4.79 Å². The van der Waals surface area contributed by atoms with Crippen molar-refractivity contribution in [3.63, 3.8) is 0 Å². The molecule has 2 aromatic heterocycles. The zero-order chi connectivity index (χ0) is 18.5. The Bertz CT molecular complexity index is 964. The van der Waals surface area contributed by atoms with Crippen LogP contribution in [0.25, 0.3) is 11.0 Å². The Labute approximate surface area is 152 Å². The van der Waals surface area contributed by atoms with Gasteiger partial charge in [0.15, 0.2) is 0 Å². The summed E-state index contributed by atoms with van der Waals surface area (Å²) in [6.07, 6.45) is 3.53. The van der Waals surface area contributed by atoms with E-state index in [-0.39, 0.29) is 17.0 Å². The summed E-state index contributed by atoms with van der Waals surface area (Å²) in [4.78, 5) is 31.9. The topological polar surface area (TPSA) is 55.2 Å². The van der Waals surface area contributed by atoms with E-state index in [0.29, 0.717) is 18.7 Å². The molecule has 0 fully saturated rings. The van der Waals surface area contributed by atoms with Gasteiger partial charge in [0.2, 0.25) is 0 Å². The average molecular weight is 349 g/mol. The van der Waals surface area contributed by atoms with Crippen molar-refractivity contribution in [2.75, 3.05) is 6.54 Å². The first-order valence-corrected chi connectivity index (χ1v) is 8.89. The molecule has 0 aliphatic carbocycles. The summed E-state index contributed by atoms with van der Waals surface area (Å²) in [5.74, 6) is -0.228. The third kappa shape index (κ3) is 3.67. The molecule has 0 bridgehead atoms. The van der Waals surface area contributed by atoms with E-state index in [9.17, 15) is 9.59 Å². The fraction of sp³-hybridized carbons (Fsp3) is 0.286. The molecular weight excluding hydrogens is 326 g/mol. The van der Waals surface area contributed by atoms with Gasteiger partial charge >= 0.3 is 0 Å². The standard InChI is InChI=1S/C21H23N3O2/c1-3-4-13-24(15-16-9-6-5-7-10-16)21(26)18-14-17-11-8-12-22-19(17)23(2)20(18)25/h5-12,14H,3-4,13,15H2,1-2H3. The Balaban J connectivity index is 1.99. The summed E-state index contributed by atoms with van der Waals surface area (Å²) in [5.41, 5.74) is 1.52. The summed E-state index contributed by atoms with van der Waals surface area (Å²) in [6.45, 7) is 3.21. The Morgan fingerprint density at radius 3 is 2.65 bits per heavy atom. The van der Waals surface area contributed by atoms with Crippen LogP contribution in [0, 0.1) is 0 Å². The van der Waals surface area contributed by atoms with Crippen LogP contribution in [0.2, 0.25) is 0 Å². The molecule has 2 heterocycles. The fourth-order valence-corrected chi connectivity index (χ4v) is 3.03. The molecule has 134 valence electrons. The van der Waals surface area contributed by atoms with Crippen LogP contribution in [0.5, 0.6) is 0 Å². The minimum Gasteiger partial charge on any atom is -0.334 e. The second-order valence-electron chi connectivity index (χ2n) is 6.40. The average Bonchev–Trinajstić information content (AvgIpc) is 2.68. The monoisotopic (exact) mass is 349 g/mol. The number of benzene rings is 1. The number of fused-ring (bicyclic) bond motifs is 1. The van der Waals surface area contributed by atoms with E-state index in [1.807, 2.05) is 36.4 Å². The molecule has 0 spiro atoms. The molecule has 3 rings (SSSR count). The van der Waals surface area contributed by atoms with Crippen LogP contribution < -0.4 is 5.56 Å². The van der Waals surface area contributed by atoms with Gasteiger partial charge in [0.25, 0.3) is 11.5 Å². The number of carbonyl (C=O) groups is 1. The molecule has 0 saturated carbocycles. The first-order chi connectivity index (χ1) is 12.6. The van der Waals surface area contributed by atoms with Crippen molar-refractivity contribution >= 4 is 16.9 Å². The number of hydrogen-bond donors (Lipinski definition) is 0. The van der Waals surface area contributed by atoms with Crippen molar-refractivity contribution in [1.29, 1.82) is 0 Å². The summed E-state index contributed by atoms with van der Waals surface area (Å²) in [6, 6.07) is 15.2. The van der Waals surface area contributed by atoms with E-state index >= 15 is 0 Å². The van der Waals surface area contributed by atoms with Crippen molar-refractivity contribution in [1.82, 2.24) is 14.5 Å². The number of pyridine rings is 2. The van der Waals surface area contributed by atoms with E-state index in [0.717, 1.165) is 23.8 Å². The second-order valence-corrected chi connectivity index (χ2v) is 6.40. The maximum Gasteiger partial charge on any atom is 0.264 e. The first-order valence-electron chi connectivity index (χ1n) is 8.89. The summed E-state index contributed by atoms with van der Waals surface area (Å²) >= 11 is 0. The SMILES string of the molecule is CCCCN(Cc1ccccc1)C(=O)c1cc2cccnc2n(C)c1=O. The fourth-order valence-electron chi connectivity index (χ4n) is 3.03. The summed E-state index contributed by atoms with van der Waals surface area (Å²) in [7, 11) is 1.65. The normalized spacial score (nSPS) is 10.8. The second kappa shape index (κ2) is 7.95. The number of carbonyl (C=O) groups excluding carboxylic acids is 1. The Morgan fingerprint density at radius 2 is 1.92 bits per heavy atom. The lowest BCUT2D eigenvalue weighted by atomic mass is 10.1.